The van der Waals surface area contributed by atoms with Gasteiger partial charge in [0.1, 0.15) is 54.4 Å². The largest absolute Gasteiger partial charge is 0.452 e. The summed E-state index contributed by atoms with van der Waals surface area (Å²) in [6.07, 6.45) is 40.7. The zero-order valence-corrected chi connectivity index (χ0v) is 84.9. The monoisotopic (exact) mass is 1770 g/mol. The smallest absolute Gasteiger partial charge is 0.213 e. The van der Waals surface area contributed by atoms with Crippen LogP contribution in [0.5, 0.6) is 0 Å². The minimum absolute atomic E-state index is 0.522. The van der Waals surface area contributed by atoms with Crippen molar-refractivity contribution in [3.63, 3.8) is 0 Å². The van der Waals surface area contributed by atoms with E-state index >= 15 is 0 Å². The second-order valence-electron chi connectivity index (χ2n) is 31.4. The second-order valence-corrected chi connectivity index (χ2v) is 34.7. The van der Waals surface area contributed by atoms with Crippen LogP contribution < -0.4 is 0 Å². The van der Waals surface area contributed by atoms with E-state index in [1.165, 1.54) is 116 Å². The Morgan fingerprint density at radius 2 is 0.708 bits per heavy atom. The first-order valence-corrected chi connectivity index (χ1v) is 44.5. The molecule has 0 aliphatic carbocycles. The van der Waals surface area contributed by atoms with Crippen LogP contribution in [0.25, 0.3) is 0 Å². The van der Waals surface area contributed by atoms with Crippen molar-refractivity contribution in [2.24, 2.45) is 71.0 Å². The van der Waals surface area contributed by atoms with Gasteiger partial charge in [0, 0.05) is 78.9 Å². The molecule has 0 atom stereocenters. The number of pyridine rings is 1. The molecule has 684 valence electrons. The van der Waals surface area contributed by atoms with Gasteiger partial charge < -0.3 is 18.3 Å². The van der Waals surface area contributed by atoms with Crippen molar-refractivity contribution in [2.45, 2.75) is 269 Å². The van der Waals surface area contributed by atoms with Crippen molar-refractivity contribution in [3.8, 4) is 0 Å². The maximum atomic E-state index is 4.47. The third-order valence-electron chi connectivity index (χ3n) is 5.41. The Labute approximate surface area is 749 Å². The van der Waals surface area contributed by atoms with Crippen molar-refractivity contribution >= 4 is 57.5 Å². The molecule has 0 saturated heterocycles. The number of H-pyrrole nitrogens is 1. The molecule has 0 bridgehead atoms. The summed E-state index contributed by atoms with van der Waals surface area (Å²) in [6.45, 7) is 82.2. The number of oxazole rings is 1. The fourth-order valence-electron chi connectivity index (χ4n) is 2.70. The van der Waals surface area contributed by atoms with Gasteiger partial charge in [0.25, 0.3) is 0 Å². The van der Waals surface area contributed by atoms with Gasteiger partial charge in [0.2, 0.25) is 19.2 Å². The van der Waals surface area contributed by atoms with Crippen LogP contribution in [-0.4, -0.2) is 118 Å². The Kier molecular flexibility index (Phi) is 146. The molecular weight excluding hydrogens is 1600 g/mol. The first kappa shape index (κ1) is 137. The first-order chi connectivity index (χ1) is 56.6. The van der Waals surface area contributed by atoms with Crippen LogP contribution in [0, 0.1) is 71.0 Å². The molecule has 13 aromatic heterocycles. The van der Waals surface area contributed by atoms with Gasteiger partial charge in [-0.2, -0.15) is 13.1 Å². The van der Waals surface area contributed by atoms with Crippen molar-refractivity contribution in [3.05, 3.63) is 226 Å². The Balaban J connectivity index is -0.000000102. The highest BCUT2D eigenvalue weighted by atomic mass is 32.1. The molecule has 32 heteroatoms. The third kappa shape index (κ3) is 292. The van der Waals surface area contributed by atoms with E-state index in [0.717, 1.165) is 76.7 Å². The van der Waals surface area contributed by atoms with Gasteiger partial charge in [-0.15, -0.1) is 48.2 Å². The molecule has 0 fully saturated rings. The standard InChI is InChI=1S/C5H8N2S.C5H5N.2C4H4N2.12C4H10.C3H3N3.C3H4N2.C3H3NO.C3H3NS.2C2H2N2O.3C2H2N2S/c1-4(2)5-3-6-8-7-5;1-2-4-6-5-3-1;1-2-6-4-3-5-1;1-2-5-4-6-3-1;12*1-4(2)3;1-4-2-6-3-5-1;3*1-2-5-3-4-1;1-3-4-2-5-1;1-3-2-5-4-1;1-3-4-2-5-1;1-3-2-5-4-1;1-2-5-4-3-1/h3-4H,1-2H3;1-5H;2*1-4H;12*4H,1-3H3;1-3H;1-3H,(H,4,5);2*1-3H;5*1-2H. The lowest BCUT2D eigenvalue weighted by atomic mass is 10.2. The number of rotatable bonds is 1. The van der Waals surface area contributed by atoms with Crippen LogP contribution >= 0.6 is 57.5 Å². The van der Waals surface area contributed by atoms with E-state index in [9.17, 15) is 0 Å². The van der Waals surface area contributed by atoms with E-state index in [1.807, 2.05) is 35.2 Å². The number of aromatic amines is 1. The SMILES string of the molecule is CC(C)C.CC(C)C.CC(C)C.CC(C)C.CC(C)C.CC(C)C.CC(C)C.CC(C)C.CC(C)C.CC(C)C.CC(C)C.CC(C)C.CC(C)c1cnsn1.c1c[nH]cn1.c1ccncc1.c1cnccn1.c1cncnc1.c1cocn1.c1cscn1.c1csnn1.c1ncncn1.c1ncon1.c1ncsn1.c1nnco1.c1nncs1. The van der Waals surface area contributed by atoms with Crippen LogP contribution in [0.1, 0.15) is 275 Å². The predicted molar refractivity (Wildman–Crippen MR) is 514 cm³/mol. The summed E-state index contributed by atoms with van der Waals surface area (Å²) >= 11 is 7.06. The van der Waals surface area contributed by atoms with E-state index in [1.54, 1.807) is 126 Å². The highest BCUT2D eigenvalue weighted by Crippen LogP contribution is 2.09. The Bertz CT molecular complexity index is 2420. The lowest BCUT2D eigenvalue weighted by Crippen LogP contribution is -1.83. The summed E-state index contributed by atoms with van der Waals surface area (Å²) in [5, 5.41) is 24.1. The van der Waals surface area contributed by atoms with Crippen LogP contribution in [0.4, 0.5) is 0 Å². The summed E-state index contributed by atoms with van der Waals surface area (Å²) in [5.41, 5.74) is 7.93. The molecule has 0 spiro atoms. The molecule has 0 unspecified atom stereocenters. The van der Waals surface area contributed by atoms with E-state index < -0.39 is 0 Å². The minimum atomic E-state index is 0.522. The summed E-state index contributed by atoms with van der Waals surface area (Å²) in [6, 6.07) is 7.49. The van der Waals surface area contributed by atoms with Crippen LogP contribution in [0.15, 0.2) is 233 Å². The van der Waals surface area contributed by atoms with Gasteiger partial charge in [-0.25, -0.2) is 44.9 Å². The maximum absolute atomic E-state index is 4.47. The van der Waals surface area contributed by atoms with Gasteiger partial charge in [0.15, 0.2) is 12.7 Å². The molecule has 13 heterocycles. The fraction of sp³-hybridized carbons (Fsp3) is 0.580. The lowest BCUT2D eigenvalue weighted by molar-refractivity contribution is 0.416. The normalized spacial score (nSPS) is 8.56. The van der Waals surface area contributed by atoms with Gasteiger partial charge in [-0.1, -0.05) is 279 Å². The summed E-state index contributed by atoms with van der Waals surface area (Å²) in [4.78, 5) is 50.1. The molecule has 0 radical (unpaired) electrons. The van der Waals surface area contributed by atoms with Crippen molar-refractivity contribution in [1.29, 1.82) is 0 Å². The van der Waals surface area contributed by atoms with E-state index in [4.69, 9.17) is 0 Å². The minimum Gasteiger partial charge on any atom is -0.452 e. The molecule has 0 aliphatic rings. The third-order valence-corrected chi connectivity index (χ3v) is 7.72. The summed E-state index contributed by atoms with van der Waals surface area (Å²) in [5.74, 6) is 10.5. The zero-order valence-electron chi connectivity index (χ0n) is 80.8. The highest BCUT2D eigenvalue weighted by Gasteiger charge is 1.99. The Morgan fingerprint density at radius 1 is 0.283 bits per heavy atom. The second kappa shape index (κ2) is 128. The number of aromatic nitrogens is 24. The number of nitrogens with one attached hydrogen (secondary N) is 1. The maximum Gasteiger partial charge on any atom is 0.213 e. The number of hydrogen-bond acceptors (Lipinski definition) is 31. The molecule has 120 heavy (non-hydrogen) atoms. The Hall–Kier alpha value is -9.11. The molecule has 0 aliphatic heterocycles. The molecule has 0 aromatic carbocycles. The van der Waals surface area contributed by atoms with Gasteiger partial charge >= 0.3 is 0 Å². The predicted octanol–water partition coefficient (Wildman–Crippen LogP) is 27.5. The van der Waals surface area contributed by atoms with Crippen LogP contribution in [0.2, 0.25) is 0 Å². The number of thiazole rings is 1. The zero-order chi connectivity index (χ0) is 94.2. The first-order valence-electron chi connectivity index (χ1n) is 40.2. The van der Waals surface area contributed by atoms with Gasteiger partial charge in [-0.05, 0) is 118 Å². The lowest BCUT2D eigenvalue weighted by Gasteiger charge is -1.92. The summed E-state index contributed by atoms with van der Waals surface area (Å²) in [7, 11) is 0. The van der Waals surface area contributed by atoms with Crippen LogP contribution in [0.3, 0.4) is 0 Å². The number of hydrogen-bond donors (Lipinski definition) is 1. The van der Waals surface area contributed by atoms with E-state index in [0.29, 0.717) is 5.92 Å². The molecule has 13 rings (SSSR count). The molecule has 1 N–H and O–H groups in total. The van der Waals surface area contributed by atoms with Crippen molar-refractivity contribution < 1.29 is 13.4 Å². The number of imidazole rings is 1. The fourth-order valence-corrected chi connectivity index (χ4v) is 4.42. The van der Waals surface area contributed by atoms with Crippen molar-refractivity contribution in [1.82, 2.24) is 118 Å². The molecule has 0 saturated carbocycles. The highest BCUT2D eigenvalue weighted by molar-refractivity contribution is 7.07. The van der Waals surface area contributed by atoms with E-state index in [-0.39, 0.29) is 0 Å². The average molecular weight is 1770 g/mol. The van der Waals surface area contributed by atoms with Crippen molar-refractivity contribution in [2.75, 3.05) is 0 Å². The average Bonchev–Trinajstić information content (AvgIpc) is 1.83. The molecule has 27 nitrogen and oxygen atoms in total. The summed E-state index contributed by atoms with van der Waals surface area (Å²) < 4.78 is 28.1. The van der Waals surface area contributed by atoms with Gasteiger partial charge in [0.05, 0.1) is 47.9 Å². The molecule has 13 aromatic rings. The van der Waals surface area contributed by atoms with Crippen LogP contribution in [-0.2, 0) is 0 Å². The molecule has 0 amide bonds. The Morgan fingerprint density at radius 3 is 0.825 bits per heavy atom. The molecular formula is C88H164N24O3S5. The van der Waals surface area contributed by atoms with E-state index in [2.05, 4.69) is 394 Å². The number of nitrogens with zero attached hydrogens (tertiary/aromatic N) is 23. The quantitative estimate of drug-likeness (QED) is 0.159. The topological polar surface area (TPSA) is 352 Å². The van der Waals surface area contributed by atoms with Gasteiger partial charge in [-0.3, -0.25) is 19.9 Å².